The van der Waals surface area contributed by atoms with E-state index < -0.39 is 0 Å². The van der Waals surface area contributed by atoms with Gasteiger partial charge in [-0.2, -0.15) is 0 Å². The molecule has 0 N–H and O–H groups in total. The highest BCUT2D eigenvalue weighted by Gasteiger charge is 2.22. The largest absolute Gasteiger partial charge is 0.485 e. The molecule has 0 aromatic carbocycles. The van der Waals surface area contributed by atoms with E-state index >= 15 is 0 Å². The normalized spacial score (nSPS) is 22.8. The van der Waals surface area contributed by atoms with Gasteiger partial charge >= 0.3 is 0 Å². The topological polar surface area (TPSA) is 26.3 Å². The molecule has 2 nitrogen and oxygen atoms in total. The molecule has 0 unspecified atom stereocenters. The van der Waals surface area contributed by atoms with Crippen LogP contribution in [0.2, 0.25) is 0 Å². The summed E-state index contributed by atoms with van der Waals surface area (Å²) < 4.78 is 5.10. The van der Waals surface area contributed by atoms with Gasteiger partial charge in [-0.3, -0.25) is 4.79 Å². The molecule has 0 atom stereocenters. The van der Waals surface area contributed by atoms with Crippen LogP contribution in [0.5, 0.6) is 0 Å². The Morgan fingerprint density at radius 1 is 1.25 bits per heavy atom. The summed E-state index contributed by atoms with van der Waals surface area (Å²) in [4.78, 5) is 11.1. The fourth-order valence-corrected chi connectivity index (χ4v) is 0.974. The van der Waals surface area contributed by atoms with E-state index in [-0.39, 0.29) is 12.4 Å². The first-order valence-corrected chi connectivity index (χ1v) is 3.61. The number of carbonyl (C=O) groups is 1. The van der Waals surface area contributed by atoms with Crippen molar-refractivity contribution in [1.82, 2.24) is 0 Å². The minimum absolute atomic E-state index is 0.0111. The van der Waals surface area contributed by atoms with Gasteiger partial charge in [0.25, 0.3) is 0 Å². The summed E-state index contributed by atoms with van der Waals surface area (Å²) in [6.45, 7) is 7.16. The molecule has 0 saturated carbocycles. The van der Waals surface area contributed by atoms with Crippen LogP contribution in [0.4, 0.5) is 0 Å². The van der Waals surface area contributed by atoms with Crippen molar-refractivity contribution in [3.63, 3.8) is 0 Å². The molecular formula is C10H10O2. The van der Waals surface area contributed by atoms with Gasteiger partial charge in [-0.05, 0) is 12.2 Å². The zero-order valence-electron chi connectivity index (χ0n) is 6.75. The second-order valence-electron chi connectivity index (χ2n) is 2.29. The highest BCUT2D eigenvalue weighted by atomic mass is 16.5. The number of hydrogen-bond donors (Lipinski definition) is 0. The van der Waals surface area contributed by atoms with Crippen molar-refractivity contribution < 1.29 is 9.53 Å². The molecule has 0 aliphatic carbocycles. The van der Waals surface area contributed by atoms with E-state index in [2.05, 4.69) is 13.2 Å². The molecule has 1 aliphatic heterocycles. The van der Waals surface area contributed by atoms with Crippen LogP contribution < -0.4 is 0 Å². The minimum Gasteiger partial charge on any atom is -0.485 e. The number of allylic oxidation sites excluding steroid dienone is 5. The molecule has 1 fully saturated rings. The molecule has 0 amide bonds. The lowest BCUT2D eigenvalue weighted by Crippen LogP contribution is -1.96. The third-order valence-electron chi connectivity index (χ3n) is 1.48. The second kappa shape index (κ2) is 3.72. The first kappa shape index (κ1) is 8.53. The molecule has 1 heterocycles. The number of ketones is 1. The van der Waals surface area contributed by atoms with Gasteiger partial charge in [-0.15, -0.1) is 0 Å². The van der Waals surface area contributed by atoms with Gasteiger partial charge in [-0.1, -0.05) is 25.3 Å². The van der Waals surface area contributed by atoms with E-state index in [1.54, 1.807) is 24.3 Å². The number of hydrogen-bond acceptors (Lipinski definition) is 2. The molecule has 0 spiro atoms. The Bertz CT molecular complexity index is 282. The molecule has 12 heavy (non-hydrogen) atoms. The van der Waals surface area contributed by atoms with Crippen molar-refractivity contribution in [2.45, 2.75) is 0 Å². The fraction of sp³-hybridized carbons (Fsp3) is 0.100. The lowest BCUT2D eigenvalue weighted by atomic mass is 10.1. The van der Waals surface area contributed by atoms with Crippen LogP contribution in [0, 0.1) is 0 Å². The molecule has 1 aliphatic rings. The summed E-state index contributed by atoms with van der Waals surface area (Å²) >= 11 is 0. The van der Waals surface area contributed by atoms with Crippen LogP contribution in [0.1, 0.15) is 0 Å². The summed E-state index contributed by atoms with van der Waals surface area (Å²) in [5.74, 6) is 0.568. The van der Waals surface area contributed by atoms with Crippen LogP contribution in [0.25, 0.3) is 0 Å². The maximum Gasteiger partial charge on any atom is 0.203 e. The predicted molar refractivity (Wildman–Crippen MR) is 47.5 cm³/mol. The minimum atomic E-state index is -0.0111. The van der Waals surface area contributed by atoms with Crippen molar-refractivity contribution in [2.75, 3.05) is 6.61 Å². The van der Waals surface area contributed by atoms with Crippen molar-refractivity contribution in [3.8, 4) is 0 Å². The van der Waals surface area contributed by atoms with Crippen LogP contribution in [-0.4, -0.2) is 12.4 Å². The van der Waals surface area contributed by atoms with Gasteiger partial charge in [0.2, 0.25) is 5.78 Å². The van der Waals surface area contributed by atoms with Gasteiger partial charge in [0, 0.05) is 0 Å². The van der Waals surface area contributed by atoms with Crippen molar-refractivity contribution >= 4 is 5.78 Å². The fourth-order valence-electron chi connectivity index (χ4n) is 0.974. The van der Waals surface area contributed by atoms with Crippen LogP contribution in [-0.2, 0) is 9.53 Å². The van der Waals surface area contributed by atoms with E-state index in [4.69, 9.17) is 4.74 Å². The maximum atomic E-state index is 11.1. The van der Waals surface area contributed by atoms with E-state index in [9.17, 15) is 4.79 Å². The Balaban J connectivity index is 2.99. The van der Waals surface area contributed by atoms with Crippen LogP contribution in [0.15, 0.2) is 48.8 Å². The van der Waals surface area contributed by atoms with Gasteiger partial charge in [-0.25, -0.2) is 0 Å². The molecule has 0 aromatic rings. The molecule has 0 bridgehead atoms. The Hall–Kier alpha value is -1.57. The summed E-state index contributed by atoms with van der Waals surface area (Å²) in [5.41, 5.74) is 0.574. The number of rotatable bonds is 2. The molecule has 0 radical (unpaired) electrons. The lowest BCUT2D eigenvalue weighted by Gasteiger charge is -1.94. The average Bonchev–Trinajstić information content (AvgIpc) is 2.37. The summed E-state index contributed by atoms with van der Waals surface area (Å²) in [5, 5.41) is 0. The molecule has 1 rings (SSSR count). The molecule has 62 valence electrons. The zero-order valence-corrected chi connectivity index (χ0v) is 6.75. The van der Waals surface area contributed by atoms with E-state index in [0.717, 1.165) is 0 Å². The number of Topliss-reactive ketones (excluding diaryl/α,β-unsaturated/α-hetero) is 1. The molecule has 1 saturated heterocycles. The lowest BCUT2D eigenvalue weighted by molar-refractivity contribution is -0.115. The van der Waals surface area contributed by atoms with Crippen molar-refractivity contribution in [3.05, 3.63) is 48.8 Å². The zero-order chi connectivity index (χ0) is 8.97. The van der Waals surface area contributed by atoms with E-state index in [1.807, 2.05) is 0 Å². The summed E-state index contributed by atoms with van der Waals surface area (Å²) in [6.07, 6.45) is 6.47. The standard InChI is InChI=1S/C10H10O2/c1-3-5-8-9(11)7-12-10(8)6-4-2/h3-6H,1-2,7H2/b8-5-,10-6+. The SMILES string of the molecule is C=C/C=C1/OCC(=O)/C1=C/C=C. The Morgan fingerprint density at radius 2 is 1.92 bits per heavy atom. The second-order valence-corrected chi connectivity index (χ2v) is 2.29. The number of carbonyl (C=O) groups excluding carboxylic acids is 1. The smallest absolute Gasteiger partial charge is 0.203 e. The highest BCUT2D eigenvalue weighted by Crippen LogP contribution is 2.20. The van der Waals surface area contributed by atoms with Gasteiger partial charge in [0.15, 0.2) is 6.61 Å². The van der Waals surface area contributed by atoms with Crippen molar-refractivity contribution in [1.29, 1.82) is 0 Å². The monoisotopic (exact) mass is 162 g/mol. The van der Waals surface area contributed by atoms with Gasteiger partial charge < -0.3 is 4.74 Å². The summed E-state index contributed by atoms with van der Waals surface area (Å²) in [6, 6.07) is 0. The Morgan fingerprint density at radius 3 is 2.50 bits per heavy atom. The van der Waals surface area contributed by atoms with E-state index in [1.165, 1.54) is 0 Å². The third kappa shape index (κ3) is 1.53. The molecule has 2 heteroatoms. The van der Waals surface area contributed by atoms with Crippen LogP contribution in [0.3, 0.4) is 0 Å². The van der Waals surface area contributed by atoms with Crippen LogP contribution >= 0.6 is 0 Å². The van der Waals surface area contributed by atoms with Crippen molar-refractivity contribution in [2.24, 2.45) is 0 Å². The first-order chi connectivity index (χ1) is 5.79. The Kier molecular flexibility index (Phi) is 2.64. The highest BCUT2D eigenvalue weighted by molar-refractivity contribution is 6.02. The van der Waals surface area contributed by atoms with E-state index in [0.29, 0.717) is 11.3 Å². The first-order valence-electron chi connectivity index (χ1n) is 3.61. The Labute approximate surface area is 71.5 Å². The molecular weight excluding hydrogens is 152 g/mol. The number of ether oxygens (including phenoxy) is 1. The van der Waals surface area contributed by atoms with Gasteiger partial charge in [0.05, 0.1) is 5.57 Å². The average molecular weight is 162 g/mol. The molecule has 0 aromatic heterocycles. The summed E-state index contributed by atoms with van der Waals surface area (Å²) in [7, 11) is 0. The maximum absolute atomic E-state index is 11.1. The van der Waals surface area contributed by atoms with Gasteiger partial charge in [0.1, 0.15) is 5.76 Å². The quantitative estimate of drug-likeness (QED) is 0.578. The third-order valence-corrected chi connectivity index (χ3v) is 1.48. The predicted octanol–water partition coefficient (Wildman–Crippen LogP) is 1.77.